The second-order valence-corrected chi connectivity index (χ2v) is 10.0. The number of carboxylic acid groups (broad SMARTS) is 1. The third-order valence-corrected chi connectivity index (χ3v) is 7.27. The number of carboxylic acids is 1. The minimum Gasteiger partial charge on any atom is -0.481 e. The highest BCUT2D eigenvalue weighted by atomic mass is 28.4. The van der Waals surface area contributed by atoms with Gasteiger partial charge in [-0.15, -0.1) is 0 Å². The zero-order valence-corrected chi connectivity index (χ0v) is 18.7. The Morgan fingerprint density at radius 1 is 1.22 bits per heavy atom. The van der Waals surface area contributed by atoms with Gasteiger partial charge in [0.2, 0.25) is 0 Å². The summed E-state index contributed by atoms with van der Waals surface area (Å²) in [5.41, 5.74) is 8.03. The molecular formula is C19H38N2O5Si. The minimum absolute atomic E-state index is 0.0169. The molecule has 0 heterocycles. The molecule has 0 aromatic carbocycles. The number of hydrogen-bond acceptors (Lipinski definition) is 6. The smallest absolute Gasteiger partial charge is 0.481 e. The Kier molecular flexibility index (Phi) is 13.5. The molecule has 0 aliphatic rings. The van der Waals surface area contributed by atoms with E-state index in [0.717, 1.165) is 13.0 Å². The topological polar surface area (TPSA) is 103 Å². The van der Waals surface area contributed by atoms with E-state index in [1.807, 2.05) is 7.05 Å². The summed E-state index contributed by atoms with van der Waals surface area (Å²) < 4.78 is 16.5. The van der Waals surface area contributed by atoms with Crippen LogP contribution in [0.1, 0.15) is 40.0 Å². The number of carbonyl (C=O) groups is 1. The van der Waals surface area contributed by atoms with Gasteiger partial charge in [0.05, 0.1) is 6.73 Å². The van der Waals surface area contributed by atoms with Crippen molar-refractivity contribution in [3.63, 3.8) is 0 Å². The molecule has 0 fully saturated rings. The summed E-state index contributed by atoms with van der Waals surface area (Å²) in [5.74, 6) is -0.561. The van der Waals surface area contributed by atoms with E-state index in [1.54, 1.807) is 0 Å². The molecule has 0 saturated heterocycles. The van der Waals surface area contributed by atoms with Gasteiger partial charge < -0.3 is 29.4 Å². The van der Waals surface area contributed by atoms with E-state index in [4.69, 9.17) is 19.0 Å². The molecule has 4 N–H and O–H groups in total. The molecule has 0 aliphatic heterocycles. The van der Waals surface area contributed by atoms with E-state index in [0.29, 0.717) is 18.4 Å². The van der Waals surface area contributed by atoms with Crippen LogP contribution in [0.3, 0.4) is 0 Å². The number of hydrogen-bond donors (Lipinski definition) is 3. The van der Waals surface area contributed by atoms with Crippen LogP contribution in [0, 0.1) is 11.8 Å². The molecule has 2 unspecified atom stereocenters. The van der Waals surface area contributed by atoms with Gasteiger partial charge in [0.25, 0.3) is 0 Å². The summed E-state index contributed by atoms with van der Waals surface area (Å²) in [7, 11) is 2.04. The summed E-state index contributed by atoms with van der Waals surface area (Å²) in [6.07, 6.45) is 6.00. The number of allylic oxidation sites excluding steroid dienone is 3. The van der Waals surface area contributed by atoms with Crippen molar-refractivity contribution in [2.24, 2.45) is 17.6 Å². The predicted molar refractivity (Wildman–Crippen MR) is 110 cm³/mol. The summed E-state index contributed by atoms with van der Waals surface area (Å²) >= 11 is 0. The van der Waals surface area contributed by atoms with Gasteiger partial charge in [-0.1, -0.05) is 23.3 Å². The highest BCUT2D eigenvalue weighted by Crippen LogP contribution is 2.26. The van der Waals surface area contributed by atoms with Crippen molar-refractivity contribution < 1.29 is 23.2 Å². The molecule has 158 valence electrons. The van der Waals surface area contributed by atoms with Crippen LogP contribution < -0.4 is 11.1 Å². The van der Waals surface area contributed by atoms with Gasteiger partial charge in [0, 0.05) is 33.2 Å². The first-order valence-corrected chi connectivity index (χ1v) is 11.3. The first kappa shape index (κ1) is 26.0. The number of aliphatic carboxylic acids is 1. The van der Waals surface area contributed by atoms with Crippen LogP contribution in [0.25, 0.3) is 0 Å². The van der Waals surface area contributed by atoms with Crippen molar-refractivity contribution in [1.29, 1.82) is 0 Å². The molecule has 0 aromatic rings. The molecule has 0 bridgehead atoms. The minimum atomic E-state index is -2.95. The monoisotopic (exact) mass is 402 g/mol. The van der Waals surface area contributed by atoms with Crippen LogP contribution in [0.5, 0.6) is 0 Å². The van der Waals surface area contributed by atoms with Gasteiger partial charge in [-0.25, -0.2) is 0 Å². The third-order valence-electron chi connectivity index (χ3n) is 4.35. The lowest BCUT2D eigenvalue weighted by Gasteiger charge is -2.28. The van der Waals surface area contributed by atoms with Crippen molar-refractivity contribution >= 4 is 14.8 Å². The fourth-order valence-electron chi connectivity index (χ4n) is 3.18. The lowest BCUT2D eigenvalue weighted by atomic mass is 9.95. The Morgan fingerprint density at radius 2 is 1.85 bits per heavy atom. The fourth-order valence-corrected chi connectivity index (χ4v) is 5.31. The Morgan fingerprint density at radius 3 is 2.30 bits per heavy atom. The Labute approximate surface area is 165 Å². The average molecular weight is 403 g/mol. The molecule has 7 nitrogen and oxygen atoms in total. The summed E-state index contributed by atoms with van der Waals surface area (Å²) in [6, 6.07) is 0.418. The van der Waals surface area contributed by atoms with Crippen LogP contribution in [0.2, 0.25) is 6.04 Å². The van der Waals surface area contributed by atoms with Gasteiger partial charge in [-0.05, 0) is 52.5 Å². The average Bonchev–Trinajstić information content (AvgIpc) is 2.58. The normalized spacial score (nSPS) is 14.7. The van der Waals surface area contributed by atoms with Gasteiger partial charge in [-0.3, -0.25) is 4.79 Å². The second-order valence-electron chi connectivity index (χ2n) is 7.12. The Hall–Kier alpha value is -1.03. The molecule has 0 rings (SSSR count). The third kappa shape index (κ3) is 11.4. The van der Waals surface area contributed by atoms with E-state index < -0.39 is 14.8 Å². The van der Waals surface area contributed by atoms with Crippen LogP contribution in [-0.4, -0.2) is 54.4 Å². The molecule has 0 spiro atoms. The lowest BCUT2D eigenvalue weighted by Crippen LogP contribution is -2.47. The number of nitrogens with two attached hydrogens (primary N) is 1. The van der Waals surface area contributed by atoms with E-state index in [9.17, 15) is 9.90 Å². The molecule has 0 aromatic heterocycles. The SMILES string of the molecule is CNCC(C=C(C)C)C/C(C)=C/CC(CC(=O)O)C[Si](OC)(OC)OCN. The van der Waals surface area contributed by atoms with E-state index in [1.165, 1.54) is 25.4 Å². The van der Waals surface area contributed by atoms with Gasteiger partial charge in [-0.2, -0.15) is 0 Å². The van der Waals surface area contributed by atoms with Gasteiger partial charge in [0.1, 0.15) is 0 Å². The maximum Gasteiger partial charge on any atom is 0.501 e. The van der Waals surface area contributed by atoms with E-state index in [-0.39, 0.29) is 19.1 Å². The Balaban J connectivity index is 5.14. The molecule has 27 heavy (non-hydrogen) atoms. The summed E-state index contributed by atoms with van der Waals surface area (Å²) in [4.78, 5) is 11.3. The lowest BCUT2D eigenvalue weighted by molar-refractivity contribution is -0.138. The maximum absolute atomic E-state index is 11.3. The molecular weight excluding hydrogens is 364 g/mol. The molecule has 0 amide bonds. The first-order valence-electron chi connectivity index (χ1n) is 9.33. The molecule has 0 radical (unpaired) electrons. The van der Waals surface area contributed by atoms with Gasteiger partial charge >= 0.3 is 14.8 Å². The molecule has 0 aliphatic carbocycles. The van der Waals surface area contributed by atoms with Crippen molar-refractivity contribution in [2.45, 2.75) is 46.1 Å². The highest BCUT2D eigenvalue weighted by molar-refractivity contribution is 6.60. The van der Waals surface area contributed by atoms with E-state index in [2.05, 4.69) is 38.2 Å². The van der Waals surface area contributed by atoms with Crippen LogP contribution >= 0.6 is 0 Å². The molecule has 2 atom stereocenters. The highest BCUT2D eigenvalue weighted by Gasteiger charge is 2.41. The van der Waals surface area contributed by atoms with Crippen LogP contribution in [0.4, 0.5) is 0 Å². The van der Waals surface area contributed by atoms with E-state index >= 15 is 0 Å². The molecule has 8 heteroatoms. The Bertz CT molecular complexity index is 488. The first-order chi connectivity index (χ1) is 12.7. The largest absolute Gasteiger partial charge is 0.501 e. The quantitative estimate of drug-likeness (QED) is 0.220. The maximum atomic E-state index is 11.3. The van der Waals surface area contributed by atoms with Crippen molar-refractivity contribution in [3.05, 3.63) is 23.3 Å². The van der Waals surface area contributed by atoms with Crippen LogP contribution in [-0.2, 0) is 18.1 Å². The zero-order valence-electron chi connectivity index (χ0n) is 17.7. The molecule has 0 saturated carbocycles. The summed E-state index contributed by atoms with van der Waals surface area (Å²) in [5, 5.41) is 12.5. The number of rotatable bonds is 15. The van der Waals surface area contributed by atoms with Crippen molar-refractivity contribution in [1.82, 2.24) is 5.32 Å². The van der Waals surface area contributed by atoms with Crippen molar-refractivity contribution in [3.8, 4) is 0 Å². The summed E-state index contributed by atoms with van der Waals surface area (Å²) in [6.45, 7) is 7.18. The van der Waals surface area contributed by atoms with Crippen LogP contribution in [0.15, 0.2) is 23.3 Å². The standard InChI is InChI=1S/C19H38N2O5Si/c1-15(2)9-18(12-21-4)10-16(3)7-8-17(11-19(22)23)13-27(24-5,25-6)26-14-20/h7,9,17-18,21H,8,10-14,20H2,1-6H3,(H,22,23)/b16-7+. The van der Waals surface area contributed by atoms with Crippen molar-refractivity contribution in [2.75, 3.05) is 34.5 Å². The number of nitrogens with one attached hydrogen (secondary N) is 1. The second kappa shape index (κ2) is 14.0. The van der Waals surface area contributed by atoms with Gasteiger partial charge in [0.15, 0.2) is 0 Å². The fraction of sp³-hybridized carbons (Fsp3) is 0.737. The zero-order chi connectivity index (χ0) is 20.9. The predicted octanol–water partition coefficient (Wildman–Crippen LogP) is 2.77.